The molecule has 2 nitrogen and oxygen atoms in total. The third kappa shape index (κ3) is 4.89. The van der Waals surface area contributed by atoms with Crippen LogP contribution in [0.5, 0.6) is 5.75 Å². The molecule has 1 rings (SSSR count). The summed E-state index contributed by atoms with van der Waals surface area (Å²) in [5.41, 5.74) is 8.66. The summed E-state index contributed by atoms with van der Waals surface area (Å²) in [6.45, 7) is 11.6. The monoisotopic (exact) mass is 311 g/mol. The van der Waals surface area contributed by atoms with Crippen LogP contribution in [0.2, 0.25) is 5.02 Å². The normalized spacial score (nSPS) is 13.3. The molecule has 0 amide bonds. The average Bonchev–Trinajstić information content (AvgIpc) is 2.45. The Bertz CT molecular complexity index is 457. The molecule has 21 heavy (non-hydrogen) atoms. The quantitative estimate of drug-likeness (QED) is 0.725. The van der Waals surface area contributed by atoms with Crippen LogP contribution in [0.25, 0.3) is 0 Å². The molecule has 0 heterocycles. The van der Waals surface area contributed by atoms with Crippen LogP contribution in [-0.2, 0) is 11.8 Å². The second-order valence-electron chi connectivity index (χ2n) is 6.40. The summed E-state index contributed by atoms with van der Waals surface area (Å²) >= 11 is 6.49. The molecular weight excluding hydrogens is 282 g/mol. The maximum absolute atomic E-state index is 6.49. The molecule has 0 spiro atoms. The van der Waals surface area contributed by atoms with Gasteiger partial charge in [0.05, 0.1) is 11.6 Å². The molecule has 0 aromatic heterocycles. The van der Waals surface area contributed by atoms with E-state index in [1.165, 1.54) is 5.56 Å². The summed E-state index contributed by atoms with van der Waals surface area (Å²) in [5.74, 6) is 0.818. The van der Waals surface area contributed by atoms with E-state index < -0.39 is 0 Å². The first-order valence-electron chi connectivity index (χ1n) is 8.06. The van der Waals surface area contributed by atoms with E-state index in [-0.39, 0.29) is 11.5 Å². The molecule has 1 atom stereocenters. The van der Waals surface area contributed by atoms with Gasteiger partial charge in [-0.05, 0) is 48.3 Å². The topological polar surface area (TPSA) is 35.2 Å². The summed E-state index contributed by atoms with van der Waals surface area (Å²) in [4.78, 5) is 0. The van der Waals surface area contributed by atoms with Crippen molar-refractivity contribution in [3.05, 3.63) is 28.3 Å². The smallest absolute Gasteiger partial charge is 0.141 e. The van der Waals surface area contributed by atoms with E-state index >= 15 is 0 Å². The molecule has 3 heteroatoms. The van der Waals surface area contributed by atoms with E-state index in [1.807, 2.05) is 0 Å². The Kier molecular flexibility index (Phi) is 7.02. The van der Waals surface area contributed by atoms with Crippen LogP contribution < -0.4 is 10.5 Å². The first-order chi connectivity index (χ1) is 9.85. The lowest BCUT2D eigenvalue weighted by atomic mass is 9.81. The van der Waals surface area contributed by atoms with E-state index in [9.17, 15) is 0 Å². The van der Waals surface area contributed by atoms with Crippen LogP contribution in [0.3, 0.4) is 0 Å². The number of nitrogens with two attached hydrogens (primary N) is 1. The van der Waals surface area contributed by atoms with Gasteiger partial charge in [0.25, 0.3) is 0 Å². The van der Waals surface area contributed by atoms with Crippen molar-refractivity contribution in [3.63, 3.8) is 0 Å². The third-order valence-corrected chi connectivity index (χ3v) is 4.52. The highest BCUT2D eigenvalue weighted by Gasteiger charge is 2.22. The molecule has 2 N–H and O–H groups in total. The van der Waals surface area contributed by atoms with Crippen molar-refractivity contribution in [3.8, 4) is 5.75 Å². The molecular formula is C18H30ClNO. The van der Waals surface area contributed by atoms with Gasteiger partial charge in [-0.1, -0.05) is 52.3 Å². The van der Waals surface area contributed by atoms with E-state index in [0.717, 1.165) is 37.0 Å². The summed E-state index contributed by atoms with van der Waals surface area (Å²) < 4.78 is 5.88. The second-order valence-corrected chi connectivity index (χ2v) is 6.81. The van der Waals surface area contributed by atoms with Crippen LogP contribution in [0.1, 0.15) is 65.0 Å². The maximum atomic E-state index is 6.49. The van der Waals surface area contributed by atoms with Crippen molar-refractivity contribution < 1.29 is 4.74 Å². The molecule has 0 aliphatic rings. The van der Waals surface area contributed by atoms with Crippen LogP contribution >= 0.6 is 11.6 Å². The lowest BCUT2D eigenvalue weighted by Crippen LogP contribution is -2.23. The van der Waals surface area contributed by atoms with Gasteiger partial charge in [-0.2, -0.15) is 0 Å². The highest BCUT2D eigenvalue weighted by molar-refractivity contribution is 6.32. The summed E-state index contributed by atoms with van der Waals surface area (Å²) in [6.07, 6.45) is 3.80. The largest absolute Gasteiger partial charge is 0.492 e. The summed E-state index contributed by atoms with van der Waals surface area (Å²) in [7, 11) is 0. The Morgan fingerprint density at radius 2 is 1.90 bits per heavy atom. The molecule has 0 fully saturated rings. The van der Waals surface area contributed by atoms with Crippen molar-refractivity contribution in [2.45, 2.75) is 71.8 Å². The first-order valence-corrected chi connectivity index (χ1v) is 8.44. The van der Waals surface area contributed by atoms with Gasteiger partial charge in [0, 0.05) is 6.04 Å². The Hall–Kier alpha value is -0.730. The van der Waals surface area contributed by atoms with Gasteiger partial charge in [0.2, 0.25) is 0 Å². The average molecular weight is 312 g/mol. The fraction of sp³-hybridized carbons (Fsp3) is 0.667. The van der Waals surface area contributed by atoms with Crippen molar-refractivity contribution in [2.75, 3.05) is 6.61 Å². The molecule has 1 aromatic carbocycles. The lowest BCUT2D eigenvalue weighted by Gasteiger charge is -2.26. The number of hydrogen-bond donors (Lipinski definition) is 1. The SMILES string of the molecule is CCCOc1c(Cl)cc(C(C)(C)CC)cc1CC(N)CC. The van der Waals surface area contributed by atoms with Gasteiger partial charge in [-0.3, -0.25) is 0 Å². The van der Waals surface area contributed by atoms with Crippen molar-refractivity contribution in [1.82, 2.24) is 0 Å². The zero-order valence-corrected chi connectivity index (χ0v) is 14.9. The van der Waals surface area contributed by atoms with Gasteiger partial charge in [-0.15, -0.1) is 0 Å². The van der Waals surface area contributed by atoms with E-state index in [4.69, 9.17) is 22.1 Å². The molecule has 0 saturated heterocycles. The van der Waals surface area contributed by atoms with Crippen molar-refractivity contribution in [2.24, 2.45) is 5.73 Å². The Balaban J connectivity index is 3.24. The summed E-state index contributed by atoms with van der Waals surface area (Å²) in [5, 5.41) is 0.709. The minimum atomic E-state index is 0.109. The lowest BCUT2D eigenvalue weighted by molar-refractivity contribution is 0.313. The molecule has 120 valence electrons. The van der Waals surface area contributed by atoms with Crippen LogP contribution in [0, 0.1) is 0 Å². The number of rotatable bonds is 8. The standard InChI is InChI=1S/C18H30ClNO/c1-6-9-21-17-13(11-15(20)7-2)10-14(12-16(17)19)18(4,5)8-3/h10,12,15H,6-9,11,20H2,1-5H3. The van der Waals surface area contributed by atoms with E-state index in [1.54, 1.807) is 0 Å². The summed E-state index contributed by atoms with van der Waals surface area (Å²) in [6, 6.07) is 4.43. The molecule has 1 aromatic rings. The van der Waals surface area contributed by atoms with Crippen molar-refractivity contribution in [1.29, 1.82) is 0 Å². The van der Waals surface area contributed by atoms with E-state index in [0.29, 0.717) is 11.6 Å². The fourth-order valence-corrected chi connectivity index (χ4v) is 2.48. The van der Waals surface area contributed by atoms with Gasteiger partial charge in [0.15, 0.2) is 0 Å². The third-order valence-electron chi connectivity index (χ3n) is 4.24. The molecule has 0 aliphatic carbocycles. The number of benzene rings is 1. The van der Waals surface area contributed by atoms with Gasteiger partial charge in [0.1, 0.15) is 5.75 Å². The number of halogens is 1. The Morgan fingerprint density at radius 1 is 1.24 bits per heavy atom. The van der Waals surface area contributed by atoms with Crippen molar-refractivity contribution >= 4 is 11.6 Å². The maximum Gasteiger partial charge on any atom is 0.141 e. The van der Waals surface area contributed by atoms with E-state index in [2.05, 4.69) is 46.8 Å². The zero-order chi connectivity index (χ0) is 16.0. The zero-order valence-electron chi connectivity index (χ0n) is 14.1. The predicted octanol–water partition coefficient (Wildman–Crippen LogP) is 5.10. The van der Waals surface area contributed by atoms with Gasteiger partial charge in [-0.25, -0.2) is 0 Å². The van der Waals surface area contributed by atoms with Crippen LogP contribution in [0.15, 0.2) is 12.1 Å². The minimum absolute atomic E-state index is 0.109. The fourth-order valence-electron chi connectivity index (χ4n) is 2.19. The van der Waals surface area contributed by atoms with Crippen LogP contribution in [0.4, 0.5) is 0 Å². The molecule has 0 radical (unpaired) electrons. The highest BCUT2D eigenvalue weighted by atomic mass is 35.5. The van der Waals surface area contributed by atoms with Gasteiger partial charge < -0.3 is 10.5 Å². The predicted molar refractivity (Wildman–Crippen MR) is 92.5 cm³/mol. The molecule has 0 bridgehead atoms. The second kappa shape index (κ2) is 8.05. The molecule has 0 saturated carbocycles. The Morgan fingerprint density at radius 3 is 2.43 bits per heavy atom. The molecule has 0 aliphatic heterocycles. The van der Waals surface area contributed by atoms with Gasteiger partial charge >= 0.3 is 0 Å². The first kappa shape index (κ1) is 18.3. The number of ether oxygens (including phenoxy) is 1. The Labute approximate surface area is 135 Å². The minimum Gasteiger partial charge on any atom is -0.492 e. The highest BCUT2D eigenvalue weighted by Crippen LogP contribution is 2.37. The van der Waals surface area contributed by atoms with Crippen LogP contribution in [-0.4, -0.2) is 12.6 Å². The molecule has 1 unspecified atom stereocenters. The number of hydrogen-bond acceptors (Lipinski definition) is 2.